The van der Waals surface area contributed by atoms with Crippen molar-refractivity contribution in [2.75, 3.05) is 5.32 Å². The molecule has 0 saturated carbocycles. The number of anilines is 1. The summed E-state index contributed by atoms with van der Waals surface area (Å²) in [6.07, 6.45) is -3.21. The Kier molecular flexibility index (Phi) is 3.92. The quantitative estimate of drug-likeness (QED) is 0.768. The van der Waals surface area contributed by atoms with Gasteiger partial charge < -0.3 is 19.0 Å². The molecular formula is C14H10F3N3O3. The van der Waals surface area contributed by atoms with Crippen LogP contribution in [0.15, 0.2) is 51.6 Å². The summed E-state index contributed by atoms with van der Waals surface area (Å²) in [6, 6.07) is 8.71. The van der Waals surface area contributed by atoms with E-state index in [2.05, 4.69) is 20.2 Å². The van der Waals surface area contributed by atoms with Crippen molar-refractivity contribution in [1.29, 1.82) is 0 Å². The standard InChI is InChI=1S/C14H10F3N3O3/c15-14(16,17)22-10-5-3-9(4-6-10)18-8-12-19-13(20-23-12)11-2-1-7-21-11/h1-7,18H,8H2. The lowest BCUT2D eigenvalue weighted by Crippen LogP contribution is -2.17. The van der Waals surface area contributed by atoms with Gasteiger partial charge in [-0.1, -0.05) is 5.16 Å². The highest BCUT2D eigenvalue weighted by molar-refractivity contribution is 5.47. The molecule has 0 atom stereocenters. The molecule has 0 bridgehead atoms. The van der Waals surface area contributed by atoms with E-state index in [1.54, 1.807) is 12.1 Å². The van der Waals surface area contributed by atoms with E-state index >= 15 is 0 Å². The Hall–Kier alpha value is -2.97. The summed E-state index contributed by atoms with van der Waals surface area (Å²) in [5.74, 6) is 0.822. The van der Waals surface area contributed by atoms with Crippen LogP contribution in [-0.2, 0) is 6.54 Å². The normalized spacial score (nSPS) is 11.4. The van der Waals surface area contributed by atoms with E-state index in [1.807, 2.05) is 0 Å². The molecule has 23 heavy (non-hydrogen) atoms. The van der Waals surface area contributed by atoms with Gasteiger partial charge in [0.1, 0.15) is 5.75 Å². The van der Waals surface area contributed by atoms with Crippen LogP contribution in [0.4, 0.5) is 18.9 Å². The summed E-state index contributed by atoms with van der Waals surface area (Å²) in [5.41, 5.74) is 0.581. The average molecular weight is 325 g/mol. The van der Waals surface area contributed by atoms with Gasteiger partial charge in [-0.2, -0.15) is 4.98 Å². The number of nitrogens with one attached hydrogen (secondary N) is 1. The first-order valence-electron chi connectivity index (χ1n) is 6.46. The zero-order chi connectivity index (χ0) is 16.3. The summed E-state index contributed by atoms with van der Waals surface area (Å²) in [7, 11) is 0. The number of benzene rings is 1. The zero-order valence-electron chi connectivity index (χ0n) is 11.5. The molecule has 2 aromatic heterocycles. The van der Waals surface area contributed by atoms with Gasteiger partial charge in [0.15, 0.2) is 5.76 Å². The smallest absolute Gasteiger partial charge is 0.461 e. The van der Waals surface area contributed by atoms with Crippen LogP contribution in [0.5, 0.6) is 5.75 Å². The Morgan fingerprint density at radius 2 is 1.91 bits per heavy atom. The molecule has 0 amide bonds. The summed E-state index contributed by atoms with van der Waals surface area (Å²) in [6.45, 7) is 0.215. The second kappa shape index (κ2) is 6.03. The lowest BCUT2D eigenvalue weighted by molar-refractivity contribution is -0.274. The van der Waals surface area contributed by atoms with Gasteiger partial charge in [0.25, 0.3) is 0 Å². The van der Waals surface area contributed by atoms with E-state index in [4.69, 9.17) is 8.94 Å². The average Bonchev–Trinajstić information content (AvgIpc) is 3.16. The minimum absolute atomic E-state index is 0.215. The van der Waals surface area contributed by atoms with Gasteiger partial charge in [-0.15, -0.1) is 13.2 Å². The van der Waals surface area contributed by atoms with Crippen molar-refractivity contribution in [3.63, 3.8) is 0 Å². The molecule has 2 heterocycles. The molecule has 0 unspecified atom stereocenters. The topological polar surface area (TPSA) is 73.3 Å². The van der Waals surface area contributed by atoms with E-state index in [1.165, 1.54) is 30.5 Å². The Labute approximate surface area is 127 Å². The molecule has 0 aliphatic carbocycles. The molecule has 0 fully saturated rings. The number of aromatic nitrogens is 2. The van der Waals surface area contributed by atoms with Gasteiger partial charge in [-0.3, -0.25) is 0 Å². The highest BCUT2D eigenvalue weighted by Crippen LogP contribution is 2.24. The Bertz CT molecular complexity index is 752. The largest absolute Gasteiger partial charge is 0.573 e. The third-order valence-corrected chi connectivity index (χ3v) is 2.74. The number of halogens is 3. The molecule has 3 aromatic rings. The monoisotopic (exact) mass is 325 g/mol. The van der Waals surface area contributed by atoms with Crippen LogP contribution in [0.2, 0.25) is 0 Å². The van der Waals surface area contributed by atoms with Crippen molar-refractivity contribution < 1.29 is 26.8 Å². The van der Waals surface area contributed by atoms with Crippen LogP contribution in [0, 0.1) is 0 Å². The van der Waals surface area contributed by atoms with Gasteiger partial charge in [0.05, 0.1) is 12.8 Å². The van der Waals surface area contributed by atoms with E-state index in [0.717, 1.165) is 0 Å². The lowest BCUT2D eigenvalue weighted by Gasteiger charge is -2.09. The van der Waals surface area contributed by atoms with Gasteiger partial charge >= 0.3 is 6.36 Å². The third kappa shape index (κ3) is 4.02. The summed E-state index contributed by atoms with van der Waals surface area (Å²) < 4.78 is 50.1. The van der Waals surface area contributed by atoms with Crippen LogP contribution >= 0.6 is 0 Å². The fraction of sp³-hybridized carbons (Fsp3) is 0.143. The number of nitrogens with zero attached hydrogens (tertiary/aromatic N) is 2. The molecule has 120 valence electrons. The molecule has 9 heteroatoms. The first-order valence-corrected chi connectivity index (χ1v) is 6.46. The second-order valence-electron chi connectivity index (χ2n) is 4.41. The minimum atomic E-state index is -4.71. The van der Waals surface area contributed by atoms with Gasteiger partial charge in [0.2, 0.25) is 11.7 Å². The van der Waals surface area contributed by atoms with Crippen LogP contribution in [0.25, 0.3) is 11.6 Å². The number of hydrogen-bond donors (Lipinski definition) is 1. The van der Waals surface area contributed by atoms with Crippen molar-refractivity contribution >= 4 is 5.69 Å². The molecule has 0 radical (unpaired) electrons. The molecule has 0 spiro atoms. The Morgan fingerprint density at radius 3 is 2.57 bits per heavy atom. The van der Waals surface area contributed by atoms with Crippen LogP contribution in [0.3, 0.4) is 0 Å². The molecule has 1 N–H and O–H groups in total. The predicted molar refractivity (Wildman–Crippen MR) is 72.5 cm³/mol. The zero-order valence-corrected chi connectivity index (χ0v) is 11.5. The highest BCUT2D eigenvalue weighted by atomic mass is 19.4. The van der Waals surface area contributed by atoms with Crippen LogP contribution in [0.1, 0.15) is 5.89 Å². The van der Waals surface area contributed by atoms with E-state index in [-0.39, 0.29) is 12.3 Å². The number of alkyl halides is 3. The summed E-state index contributed by atoms with van der Waals surface area (Å²) in [5, 5.41) is 6.71. The number of rotatable bonds is 5. The maximum absolute atomic E-state index is 12.1. The number of ether oxygens (including phenoxy) is 1. The third-order valence-electron chi connectivity index (χ3n) is 2.74. The predicted octanol–water partition coefficient (Wildman–Crippen LogP) is 3.84. The van der Waals surface area contributed by atoms with Crippen molar-refractivity contribution in [3.05, 3.63) is 48.6 Å². The second-order valence-corrected chi connectivity index (χ2v) is 4.41. The van der Waals surface area contributed by atoms with Crippen molar-refractivity contribution in [2.24, 2.45) is 0 Å². The summed E-state index contributed by atoms with van der Waals surface area (Å²) in [4.78, 5) is 4.13. The molecule has 0 aliphatic heterocycles. The molecule has 1 aromatic carbocycles. The SMILES string of the molecule is FC(F)(F)Oc1ccc(NCc2nc(-c3ccco3)no2)cc1. The molecule has 3 rings (SSSR count). The van der Waals surface area contributed by atoms with E-state index < -0.39 is 6.36 Å². The molecule has 0 aliphatic rings. The minimum Gasteiger partial charge on any atom is -0.461 e. The molecular weight excluding hydrogens is 315 g/mol. The molecule has 6 nitrogen and oxygen atoms in total. The Morgan fingerprint density at radius 1 is 1.13 bits per heavy atom. The van der Waals surface area contributed by atoms with E-state index in [0.29, 0.717) is 23.2 Å². The van der Waals surface area contributed by atoms with Crippen LogP contribution in [-0.4, -0.2) is 16.5 Å². The first-order chi connectivity index (χ1) is 11.0. The van der Waals surface area contributed by atoms with Gasteiger partial charge in [-0.25, -0.2) is 0 Å². The summed E-state index contributed by atoms with van der Waals surface area (Å²) >= 11 is 0. The lowest BCUT2D eigenvalue weighted by atomic mass is 10.3. The van der Waals surface area contributed by atoms with Crippen LogP contribution < -0.4 is 10.1 Å². The van der Waals surface area contributed by atoms with Crippen molar-refractivity contribution in [3.8, 4) is 17.3 Å². The maximum Gasteiger partial charge on any atom is 0.573 e. The van der Waals surface area contributed by atoms with E-state index in [9.17, 15) is 13.2 Å². The number of hydrogen-bond acceptors (Lipinski definition) is 6. The van der Waals surface area contributed by atoms with Gasteiger partial charge in [-0.05, 0) is 36.4 Å². The highest BCUT2D eigenvalue weighted by Gasteiger charge is 2.30. The molecule has 0 saturated heterocycles. The fourth-order valence-electron chi connectivity index (χ4n) is 1.78. The van der Waals surface area contributed by atoms with Crippen molar-refractivity contribution in [2.45, 2.75) is 12.9 Å². The first kappa shape index (κ1) is 14.9. The Balaban J connectivity index is 1.58. The van der Waals surface area contributed by atoms with Gasteiger partial charge in [0, 0.05) is 5.69 Å². The fourth-order valence-corrected chi connectivity index (χ4v) is 1.78. The van der Waals surface area contributed by atoms with Crippen molar-refractivity contribution in [1.82, 2.24) is 10.1 Å². The maximum atomic E-state index is 12.1. The number of furan rings is 1.